The number of aryl methyl sites for hydroxylation is 1. The molecule has 0 atom stereocenters. The molecule has 0 radical (unpaired) electrons. The molecule has 1 saturated heterocycles. The number of ether oxygens (including phenoxy) is 1. The van der Waals surface area contributed by atoms with E-state index in [1.54, 1.807) is 29.8 Å². The van der Waals surface area contributed by atoms with Crippen LogP contribution < -0.4 is 5.32 Å². The fraction of sp³-hybridized carbons (Fsp3) is 0.290. The Balaban J connectivity index is 0.00000337. The summed E-state index contributed by atoms with van der Waals surface area (Å²) in [5, 5.41) is 4.81. The topological polar surface area (TPSA) is 80.2 Å². The minimum atomic E-state index is -0.217. The van der Waals surface area contributed by atoms with Gasteiger partial charge in [0.25, 0.3) is 5.91 Å². The van der Waals surface area contributed by atoms with Crippen molar-refractivity contribution in [2.75, 3.05) is 32.1 Å². The summed E-state index contributed by atoms with van der Waals surface area (Å²) in [6.07, 6.45) is 6.05. The predicted molar refractivity (Wildman–Crippen MR) is 170 cm³/mol. The second-order valence-corrected chi connectivity index (χ2v) is 12.0. The molecule has 3 aromatic heterocycles. The maximum absolute atomic E-state index is 13.6. The van der Waals surface area contributed by atoms with Crippen LogP contribution in [0.5, 0.6) is 0 Å². The number of fused-ring (bicyclic) bond motifs is 1. The Morgan fingerprint density at radius 1 is 1.00 bits per heavy atom. The number of hydrogen-bond acceptors (Lipinski definition) is 8. The number of carbonyl (C=O) groups excluding carboxylic acids is 1. The third kappa shape index (κ3) is 6.82. The van der Waals surface area contributed by atoms with Gasteiger partial charge in [0.1, 0.15) is 26.1 Å². The van der Waals surface area contributed by atoms with Crippen LogP contribution in [-0.4, -0.2) is 52.6 Å². The van der Waals surface area contributed by atoms with Crippen molar-refractivity contribution in [3.05, 3.63) is 83.0 Å². The van der Waals surface area contributed by atoms with E-state index in [0.29, 0.717) is 18.0 Å². The average molecular weight is 606 g/mol. The van der Waals surface area contributed by atoms with E-state index in [9.17, 15) is 4.79 Å². The summed E-state index contributed by atoms with van der Waals surface area (Å²) in [6.45, 7) is 3.84. The van der Waals surface area contributed by atoms with E-state index in [4.69, 9.17) is 19.7 Å². The molecule has 1 amide bonds. The van der Waals surface area contributed by atoms with Crippen LogP contribution in [0.2, 0.25) is 0 Å². The Morgan fingerprint density at radius 2 is 1.78 bits per heavy atom. The molecule has 1 fully saturated rings. The van der Waals surface area contributed by atoms with E-state index in [-0.39, 0.29) is 18.3 Å². The van der Waals surface area contributed by atoms with Crippen LogP contribution in [0.25, 0.3) is 31.5 Å². The number of methoxy groups -OCH3 is 1. The number of nitrogens with one attached hydrogen (secondary N) is 1. The Labute approximate surface area is 254 Å². The number of aromatic nitrogens is 3. The highest BCUT2D eigenvalue weighted by Crippen LogP contribution is 2.35. The molecule has 7 nitrogen and oxygen atoms in total. The minimum Gasteiger partial charge on any atom is -0.385 e. The second kappa shape index (κ2) is 13.6. The van der Waals surface area contributed by atoms with Gasteiger partial charge < -0.3 is 10.1 Å². The van der Waals surface area contributed by atoms with Crippen molar-refractivity contribution in [2.24, 2.45) is 0 Å². The molecular weight excluding hydrogens is 574 g/mol. The lowest BCUT2D eigenvalue weighted by Gasteiger charge is -2.13. The Bertz CT molecular complexity index is 1620. The maximum Gasteiger partial charge on any atom is 0.275 e. The first-order valence-electron chi connectivity index (χ1n) is 13.6. The van der Waals surface area contributed by atoms with Crippen molar-refractivity contribution < 1.29 is 9.53 Å². The summed E-state index contributed by atoms with van der Waals surface area (Å²) in [5.74, 6) is -0.217. The Hall–Kier alpha value is -3.21. The lowest BCUT2D eigenvalue weighted by atomic mass is 10.1. The van der Waals surface area contributed by atoms with Crippen LogP contribution in [0.4, 0.5) is 5.69 Å². The van der Waals surface area contributed by atoms with E-state index in [1.165, 1.54) is 18.4 Å². The molecule has 10 heteroatoms. The highest BCUT2D eigenvalue weighted by molar-refractivity contribution is 7.21. The molecule has 6 rings (SSSR count). The minimum absolute atomic E-state index is 0. The number of carbonyl (C=O) groups is 1. The molecule has 4 heterocycles. The first-order valence-corrected chi connectivity index (χ1v) is 15.2. The van der Waals surface area contributed by atoms with Gasteiger partial charge in [0.2, 0.25) is 0 Å². The van der Waals surface area contributed by atoms with Crippen molar-refractivity contribution in [3.8, 4) is 21.1 Å². The Morgan fingerprint density at radius 3 is 2.59 bits per heavy atom. The van der Waals surface area contributed by atoms with Crippen LogP contribution in [0.3, 0.4) is 0 Å². The maximum atomic E-state index is 13.6. The molecule has 1 aliphatic heterocycles. The monoisotopic (exact) mass is 605 g/mol. The van der Waals surface area contributed by atoms with Crippen molar-refractivity contribution in [1.29, 1.82) is 0 Å². The van der Waals surface area contributed by atoms with Gasteiger partial charge in [-0.1, -0.05) is 53.8 Å². The average Bonchev–Trinajstić information content (AvgIpc) is 3.74. The molecule has 212 valence electrons. The van der Waals surface area contributed by atoms with Crippen molar-refractivity contribution in [2.45, 2.75) is 32.2 Å². The lowest BCUT2D eigenvalue weighted by Crippen LogP contribution is -2.18. The third-order valence-corrected chi connectivity index (χ3v) is 9.18. The Kier molecular flexibility index (Phi) is 9.74. The van der Waals surface area contributed by atoms with Gasteiger partial charge in [-0.15, -0.1) is 23.7 Å². The van der Waals surface area contributed by atoms with Crippen molar-refractivity contribution in [1.82, 2.24) is 19.9 Å². The van der Waals surface area contributed by atoms with Gasteiger partial charge in [0.15, 0.2) is 0 Å². The van der Waals surface area contributed by atoms with Gasteiger partial charge in [-0.2, -0.15) is 0 Å². The number of thiazole rings is 2. The van der Waals surface area contributed by atoms with Crippen LogP contribution >= 0.6 is 35.1 Å². The fourth-order valence-corrected chi connectivity index (χ4v) is 7.04. The predicted octanol–water partition coefficient (Wildman–Crippen LogP) is 7.33. The molecule has 2 aromatic carbocycles. The van der Waals surface area contributed by atoms with Gasteiger partial charge in [0.05, 0.1) is 5.69 Å². The van der Waals surface area contributed by atoms with Gasteiger partial charge in [0, 0.05) is 42.5 Å². The summed E-state index contributed by atoms with van der Waals surface area (Å²) in [6, 6.07) is 19.9. The zero-order valence-electron chi connectivity index (χ0n) is 22.8. The molecule has 41 heavy (non-hydrogen) atoms. The molecule has 0 spiro atoms. The molecular formula is C31H32ClN5O2S2. The summed E-state index contributed by atoms with van der Waals surface area (Å²) in [4.78, 5) is 32.4. The van der Waals surface area contributed by atoms with E-state index < -0.39 is 0 Å². The zero-order chi connectivity index (χ0) is 27.3. The van der Waals surface area contributed by atoms with Gasteiger partial charge in [-0.3, -0.25) is 9.69 Å². The van der Waals surface area contributed by atoms with E-state index >= 15 is 0 Å². The third-order valence-electron chi connectivity index (χ3n) is 7.00. The number of hydrogen-bond donors (Lipinski definition) is 1. The fourth-order valence-electron chi connectivity index (χ4n) is 5.01. The highest BCUT2D eigenvalue weighted by Gasteiger charge is 2.21. The number of benzene rings is 2. The summed E-state index contributed by atoms with van der Waals surface area (Å²) in [5.41, 5.74) is 5.13. The largest absolute Gasteiger partial charge is 0.385 e. The molecule has 0 unspecified atom stereocenters. The van der Waals surface area contributed by atoms with Gasteiger partial charge in [-0.25, -0.2) is 15.0 Å². The first-order chi connectivity index (χ1) is 19.7. The number of para-hydroxylation sites is 1. The number of nitrogens with zero attached hydrogens (tertiary/aromatic N) is 4. The van der Waals surface area contributed by atoms with Crippen LogP contribution in [0.1, 0.15) is 40.2 Å². The smallest absolute Gasteiger partial charge is 0.275 e. The van der Waals surface area contributed by atoms with Crippen molar-refractivity contribution in [3.63, 3.8) is 0 Å². The number of rotatable bonds is 10. The summed E-state index contributed by atoms with van der Waals surface area (Å²) < 4.78 is 5.25. The molecule has 0 bridgehead atoms. The molecule has 0 aliphatic carbocycles. The molecule has 1 N–H and O–H groups in total. The van der Waals surface area contributed by atoms with E-state index in [1.807, 2.05) is 60.8 Å². The second-order valence-electron chi connectivity index (χ2n) is 9.92. The standard InChI is InChI=1S/C31H31N5O2S2.ClH/c1-38-17-9-14-26-27(35-29(39-26)22-10-3-2-4-11-22)28(37)33-24-13-6-5-12-23(24)30-34-25-18-21(19-32-31(25)40-30)20-36-15-7-8-16-36;/h2-6,10-13,18-19H,7-9,14-17,20H2,1H3,(H,33,37);1H. The normalized spacial score (nSPS) is 13.4. The highest BCUT2D eigenvalue weighted by atomic mass is 35.5. The van der Waals surface area contributed by atoms with Crippen LogP contribution in [0.15, 0.2) is 66.9 Å². The van der Waals surface area contributed by atoms with Gasteiger partial charge >= 0.3 is 0 Å². The SMILES string of the molecule is COCCCc1sc(-c2ccccc2)nc1C(=O)Nc1ccccc1-c1nc2cc(CN3CCCC3)cnc2s1.Cl. The first kappa shape index (κ1) is 29.3. The number of amides is 1. The summed E-state index contributed by atoms with van der Waals surface area (Å²) in [7, 11) is 1.69. The number of likely N-dealkylation sites (tertiary alicyclic amines) is 1. The quantitative estimate of drug-likeness (QED) is 0.168. The number of halogens is 1. The molecule has 5 aromatic rings. The lowest BCUT2D eigenvalue weighted by molar-refractivity contribution is 0.102. The van der Waals surface area contributed by atoms with Gasteiger partial charge in [-0.05, 0) is 62.5 Å². The van der Waals surface area contributed by atoms with E-state index in [0.717, 1.165) is 68.8 Å². The molecule has 0 saturated carbocycles. The number of anilines is 1. The molecule has 1 aliphatic rings. The zero-order valence-corrected chi connectivity index (χ0v) is 25.3. The van der Waals surface area contributed by atoms with Crippen LogP contribution in [0, 0.1) is 0 Å². The number of pyridine rings is 1. The summed E-state index contributed by atoms with van der Waals surface area (Å²) >= 11 is 3.11. The van der Waals surface area contributed by atoms with E-state index in [2.05, 4.69) is 16.3 Å². The van der Waals surface area contributed by atoms with Crippen molar-refractivity contribution >= 4 is 57.0 Å². The van der Waals surface area contributed by atoms with Crippen LogP contribution in [-0.2, 0) is 17.7 Å².